The van der Waals surface area contributed by atoms with Crippen molar-refractivity contribution < 1.29 is 9.59 Å². The molecule has 126 valence electrons. The van der Waals surface area contributed by atoms with Crippen LogP contribution in [-0.4, -0.2) is 36.0 Å². The Morgan fingerprint density at radius 1 is 1.12 bits per heavy atom. The number of piperidine rings is 1. The highest BCUT2D eigenvalue weighted by atomic mass is 32.1. The highest BCUT2D eigenvalue weighted by molar-refractivity contribution is 7.08. The van der Waals surface area contributed by atoms with Gasteiger partial charge < -0.3 is 15.5 Å². The first kappa shape index (κ1) is 16.5. The van der Waals surface area contributed by atoms with Gasteiger partial charge in [-0.15, -0.1) is 0 Å². The fraction of sp³-hybridized carbons (Fsp3) is 0.333. The van der Waals surface area contributed by atoms with Crippen molar-refractivity contribution in [2.24, 2.45) is 0 Å². The molecule has 5 nitrogen and oxygen atoms in total. The van der Waals surface area contributed by atoms with E-state index in [0.29, 0.717) is 13.1 Å². The Labute approximate surface area is 145 Å². The van der Waals surface area contributed by atoms with Crippen LogP contribution in [0.4, 0.5) is 10.5 Å². The Morgan fingerprint density at radius 3 is 2.46 bits per heavy atom. The lowest BCUT2D eigenvalue weighted by molar-refractivity contribution is 0.0919. The van der Waals surface area contributed by atoms with Gasteiger partial charge in [-0.2, -0.15) is 11.3 Å². The van der Waals surface area contributed by atoms with Crippen molar-refractivity contribution in [2.45, 2.75) is 25.8 Å². The lowest BCUT2D eigenvalue weighted by Gasteiger charge is -2.32. The molecule has 0 saturated carbocycles. The molecule has 3 rings (SSSR count). The fourth-order valence-corrected chi connectivity index (χ4v) is 3.64. The van der Waals surface area contributed by atoms with E-state index in [1.54, 1.807) is 4.90 Å². The number of hydrogen-bond donors (Lipinski definition) is 2. The van der Waals surface area contributed by atoms with Gasteiger partial charge in [-0.3, -0.25) is 4.79 Å². The third-order valence-corrected chi connectivity index (χ3v) is 5.10. The first-order valence-electron chi connectivity index (χ1n) is 8.08. The highest BCUT2D eigenvalue weighted by Gasteiger charge is 2.24. The molecular formula is C18H21N3O2S. The second-order valence-corrected chi connectivity index (χ2v) is 6.74. The van der Waals surface area contributed by atoms with Crippen LogP contribution in [-0.2, 0) is 0 Å². The molecule has 2 heterocycles. The number of anilines is 1. The van der Waals surface area contributed by atoms with Crippen LogP contribution in [0.1, 0.15) is 28.8 Å². The Bertz CT molecular complexity index is 706. The maximum atomic E-state index is 12.3. The van der Waals surface area contributed by atoms with Crippen molar-refractivity contribution in [1.29, 1.82) is 0 Å². The van der Waals surface area contributed by atoms with Gasteiger partial charge in [0.25, 0.3) is 5.91 Å². The van der Waals surface area contributed by atoms with E-state index in [1.807, 2.05) is 48.0 Å². The standard InChI is InChI=1S/C18H21N3O2S/c1-13-11-24-12-16(13)17(22)19-15-7-9-21(10-8-15)18(23)20-14-5-3-2-4-6-14/h2-6,11-12,15H,7-10H2,1H3,(H,19,22)(H,20,23). The van der Waals surface area contributed by atoms with E-state index in [0.717, 1.165) is 29.7 Å². The Kier molecular flexibility index (Phi) is 5.15. The van der Waals surface area contributed by atoms with Gasteiger partial charge in [0.15, 0.2) is 0 Å². The lowest BCUT2D eigenvalue weighted by Crippen LogP contribution is -2.47. The van der Waals surface area contributed by atoms with E-state index in [-0.39, 0.29) is 18.0 Å². The number of likely N-dealkylation sites (tertiary alicyclic amines) is 1. The second-order valence-electron chi connectivity index (χ2n) is 6.00. The second kappa shape index (κ2) is 7.49. The molecule has 0 aliphatic carbocycles. The van der Waals surface area contributed by atoms with Gasteiger partial charge in [0.05, 0.1) is 5.56 Å². The molecule has 3 amide bonds. The van der Waals surface area contributed by atoms with Crippen LogP contribution < -0.4 is 10.6 Å². The molecule has 0 unspecified atom stereocenters. The minimum Gasteiger partial charge on any atom is -0.349 e. The Morgan fingerprint density at radius 2 is 1.83 bits per heavy atom. The molecule has 1 aromatic carbocycles. The first-order chi connectivity index (χ1) is 11.6. The summed E-state index contributed by atoms with van der Waals surface area (Å²) in [5, 5.41) is 9.84. The molecule has 0 bridgehead atoms. The summed E-state index contributed by atoms with van der Waals surface area (Å²) in [5.41, 5.74) is 2.56. The van der Waals surface area contributed by atoms with Crippen LogP contribution >= 0.6 is 11.3 Å². The zero-order valence-corrected chi connectivity index (χ0v) is 14.4. The Balaban J connectivity index is 1.48. The SMILES string of the molecule is Cc1cscc1C(=O)NC1CCN(C(=O)Nc2ccccc2)CC1. The summed E-state index contributed by atoms with van der Waals surface area (Å²) in [6.45, 7) is 3.24. The molecule has 6 heteroatoms. The van der Waals surface area contributed by atoms with Crippen molar-refractivity contribution in [1.82, 2.24) is 10.2 Å². The largest absolute Gasteiger partial charge is 0.349 e. The highest BCUT2D eigenvalue weighted by Crippen LogP contribution is 2.16. The summed E-state index contributed by atoms with van der Waals surface area (Å²) in [6, 6.07) is 9.48. The van der Waals surface area contributed by atoms with Gasteiger partial charge >= 0.3 is 6.03 Å². The Hall–Kier alpha value is -2.34. The van der Waals surface area contributed by atoms with Gasteiger partial charge in [-0.25, -0.2) is 4.79 Å². The molecule has 0 atom stereocenters. The van der Waals surface area contributed by atoms with Gasteiger partial charge in [0, 0.05) is 30.2 Å². The smallest absolute Gasteiger partial charge is 0.321 e. The number of rotatable bonds is 3. The van der Waals surface area contributed by atoms with E-state index in [9.17, 15) is 9.59 Å². The first-order valence-corrected chi connectivity index (χ1v) is 9.02. The van der Waals surface area contributed by atoms with Crippen LogP contribution in [0.15, 0.2) is 41.1 Å². The number of benzene rings is 1. The van der Waals surface area contributed by atoms with E-state index in [2.05, 4.69) is 10.6 Å². The molecule has 24 heavy (non-hydrogen) atoms. The predicted octanol–water partition coefficient (Wildman–Crippen LogP) is 3.48. The zero-order chi connectivity index (χ0) is 16.9. The van der Waals surface area contributed by atoms with Crippen molar-refractivity contribution in [3.05, 3.63) is 52.2 Å². The van der Waals surface area contributed by atoms with Gasteiger partial charge in [0.1, 0.15) is 0 Å². The molecule has 0 radical (unpaired) electrons. The number of carbonyl (C=O) groups is 2. The quantitative estimate of drug-likeness (QED) is 0.896. The summed E-state index contributed by atoms with van der Waals surface area (Å²) in [7, 11) is 0. The number of hydrogen-bond acceptors (Lipinski definition) is 3. The summed E-state index contributed by atoms with van der Waals surface area (Å²) in [4.78, 5) is 26.3. The van der Waals surface area contributed by atoms with Crippen LogP contribution in [0.2, 0.25) is 0 Å². The summed E-state index contributed by atoms with van der Waals surface area (Å²) >= 11 is 1.54. The van der Waals surface area contributed by atoms with E-state index >= 15 is 0 Å². The molecule has 2 aromatic rings. The predicted molar refractivity (Wildman–Crippen MR) is 96.6 cm³/mol. The van der Waals surface area contributed by atoms with Gasteiger partial charge in [-0.1, -0.05) is 18.2 Å². The normalized spacial score (nSPS) is 15.1. The molecule has 1 aliphatic heterocycles. The number of nitrogens with one attached hydrogen (secondary N) is 2. The number of para-hydroxylation sites is 1. The van der Waals surface area contributed by atoms with E-state index in [1.165, 1.54) is 11.3 Å². The topological polar surface area (TPSA) is 61.4 Å². The summed E-state index contributed by atoms with van der Waals surface area (Å²) in [6.07, 6.45) is 1.55. The molecule has 1 aliphatic rings. The van der Waals surface area contributed by atoms with Crippen LogP contribution in [0.3, 0.4) is 0 Å². The lowest BCUT2D eigenvalue weighted by atomic mass is 10.0. The summed E-state index contributed by atoms with van der Waals surface area (Å²) in [5.74, 6) is -0.0130. The fourth-order valence-electron chi connectivity index (χ4n) is 2.81. The molecule has 0 spiro atoms. The van der Waals surface area contributed by atoms with Crippen molar-refractivity contribution in [3.8, 4) is 0 Å². The van der Waals surface area contributed by atoms with E-state index < -0.39 is 0 Å². The van der Waals surface area contributed by atoms with Crippen molar-refractivity contribution in [3.63, 3.8) is 0 Å². The average Bonchev–Trinajstić information content (AvgIpc) is 3.02. The monoisotopic (exact) mass is 343 g/mol. The molecule has 1 fully saturated rings. The molecular weight excluding hydrogens is 322 g/mol. The number of carbonyl (C=O) groups excluding carboxylic acids is 2. The molecule has 2 N–H and O–H groups in total. The molecule has 1 saturated heterocycles. The van der Waals surface area contributed by atoms with Crippen LogP contribution in [0.25, 0.3) is 0 Å². The number of nitrogens with zero attached hydrogens (tertiary/aromatic N) is 1. The van der Waals surface area contributed by atoms with Crippen molar-refractivity contribution in [2.75, 3.05) is 18.4 Å². The van der Waals surface area contributed by atoms with Crippen molar-refractivity contribution >= 4 is 29.0 Å². The average molecular weight is 343 g/mol. The number of amides is 3. The van der Waals surface area contributed by atoms with Crippen LogP contribution in [0, 0.1) is 6.92 Å². The minimum absolute atomic E-state index is 0.0130. The maximum Gasteiger partial charge on any atom is 0.321 e. The minimum atomic E-state index is -0.0837. The zero-order valence-electron chi connectivity index (χ0n) is 13.6. The third kappa shape index (κ3) is 3.94. The maximum absolute atomic E-state index is 12.3. The number of thiophene rings is 1. The third-order valence-electron chi connectivity index (χ3n) is 4.24. The van der Waals surface area contributed by atoms with E-state index in [4.69, 9.17) is 0 Å². The van der Waals surface area contributed by atoms with Crippen LogP contribution in [0.5, 0.6) is 0 Å². The van der Waals surface area contributed by atoms with Gasteiger partial charge in [0.2, 0.25) is 0 Å². The molecule has 1 aromatic heterocycles. The summed E-state index contributed by atoms with van der Waals surface area (Å²) < 4.78 is 0. The number of urea groups is 1. The number of aryl methyl sites for hydroxylation is 1. The van der Waals surface area contributed by atoms with Gasteiger partial charge in [-0.05, 0) is 42.8 Å².